The summed E-state index contributed by atoms with van der Waals surface area (Å²) in [4.78, 5) is 2.55. The molecule has 0 unspecified atom stereocenters. The molecule has 0 amide bonds. The number of para-hydroxylation sites is 1. The van der Waals surface area contributed by atoms with E-state index in [2.05, 4.69) is 109 Å². The van der Waals surface area contributed by atoms with Crippen LogP contribution in [0.1, 0.15) is 84.1 Å². The van der Waals surface area contributed by atoms with Gasteiger partial charge in [-0.1, -0.05) is 32.0 Å². The van der Waals surface area contributed by atoms with Crippen LogP contribution in [-0.2, 0) is 26.4 Å². The van der Waals surface area contributed by atoms with Crippen molar-refractivity contribution in [2.24, 2.45) is 5.41 Å². The maximum absolute atomic E-state index is 5.88. The van der Waals surface area contributed by atoms with Crippen molar-refractivity contribution in [3.8, 4) is 5.75 Å². The Labute approximate surface area is 221 Å². The van der Waals surface area contributed by atoms with Gasteiger partial charge in [-0.3, -0.25) is 0 Å². The Hall–Kier alpha value is -1.02. The Bertz CT molecular complexity index is 971. The fourth-order valence-corrected chi connectivity index (χ4v) is 6.69. The fraction of sp³-hybridized carbons (Fsp3) is 0.517. The van der Waals surface area contributed by atoms with Crippen molar-refractivity contribution in [1.29, 1.82) is 0 Å². The molecule has 0 radical (unpaired) electrons. The van der Waals surface area contributed by atoms with Gasteiger partial charge in [0.15, 0.2) is 6.54 Å². The number of aryl methyl sites for hydroxylation is 3. The summed E-state index contributed by atoms with van der Waals surface area (Å²) in [7, 11) is 11.8. The molecule has 3 rings (SSSR count). The number of hydrogen-bond acceptors (Lipinski definition) is 1. The molecule has 1 aliphatic heterocycles. The van der Waals surface area contributed by atoms with Gasteiger partial charge in [0.2, 0.25) is 0 Å². The second kappa shape index (κ2) is 12.3. The van der Waals surface area contributed by atoms with Crippen LogP contribution < -0.4 is 4.90 Å². The van der Waals surface area contributed by atoms with E-state index in [1.807, 2.05) is 10.7 Å². The molecule has 1 N–H and O–H groups in total. The zero-order valence-corrected chi connectivity index (χ0v) is 25.6. The molecule has 1 heterocycles. The summed E-state index contributed by atoms with van der Waals surface area (Å²) >= 11 is -1.77. The number of hydrogen-bond donors (Lipinski definition) is 0. The standard InChI is InChI=1S/C18H28N.C11H14O.2ClH.Ru/c1-7-14-10-9-11-15(8-2)16(14)19-13-17(3,4)12-18(19,5)6;1-8(2)12-11-6-5-9(3)7-10(11)4;;;/h9-11,13H,7-8,12H2,1-6H3;4-8H,1-3H3;2*1H;/q+1;;;;+2/p-1. The monoisotopic (exact) mass is 593 g/mol. The number of ether oxygens (including phenoxy) is 1. The van der Waals surface area contributed by atoms with Crippen molar-refractivity contribution >= 4 is 29.7 Å². The van der Waals surface area contributed by atoms with Crippen LogP contribution in [0.3, 0.4) is 0 Å². The first-order chi connectivity index (χ1) is 15.8. The molecule has 5 heteroatoms. The van der Waals surface area contributed by atoms with Crippen LogP contribution >= 0.6 is 19.4 Å². The van der Waals surface area contributed by atoms with Gasteiger partial charge >= 0.3 is 104 Å². The van der Waals surface area contributed by atoms with E-state index >= 15 is 0 Å². The number of halogens is 2. The SMILES string of the molecule is CCc1cccc(CC)c1N1[CH+]C(C)(C)CC1(C)C.Cc1ccc([OH+]C(C)C)c([CH]=[Ru]([Cl])[Cl])c1. The first-order valence-electron chi connectivity index (χ1n) is 12.2. The van der Waals surface area contributed by atoms with Gasteiger partial charge in [-0.05, 0) is 51.7 Å². The Kier molecular flexibility index (Phi) is 10.6. The van der Waals surface area contributed by atoms with Crippen molar-refractivity contribution in [2.45, 2.75) is 93.2 Å². The van der Waals surface area contributed by atoms with Gasteiger partial charge in [0, 0.05) is 6.42 Å². The van der Waals surface area contributed by atoms with Gasteiger partial charge in [-0.2, -0.15) is 0 Å². The van der Waals surface area contributed by atoms with Gasteiger partial charge in [0.05, 0.1) is 11.2 Å². The molecule has 2 aromatic rings. The average molecular weight is 594 g/mol. The number of rotatable bonds is 6. The van der Waals surface area contributed by atoms with E-state index in [1.165, 1.54) is 28.8 Å². The first-order valence-corrected chi connectivity index (χ1v) is 17.7. The van der Waals surface area contributed by atoms with Crippen molar-refractivity contribution in [3.05, 3.63) is 65.2 Å². The molecular weight excluding hydrogens is 550 g/mol. The number of nitrogens with zero attached hydrogens (tertiary/aromatic N) is 1. The molecule has 0 atom stereocenters. The van der Waals surface area contributed by atoms with Gasteiger partial charge in [-0.15, -0.1) is 0 Å². The summed E-state index contributed by atoms with van der Waals surface area (Å²) in [5.41, 5.74) is 7.17. The summed E-state index contributed by atoms with van der Waals surface area (Å²) in [6.07, 6.45) is 3.70. The molecule has 0 aromatic heterocycles. The van der Waals surface area contributed by atoms with E-state index in [-0.39, 0.29) is 17.1 Å². The topological polar surface area (TPSA) is 16.0 Å². The molecule has 1 saturated heterocycles. The Morgan fingerprint density at radius 2 is 1.65 bits per heavy atom. The predicted octanol–water partition coefficient (Wildman–Crippen LogP) is 8.71. The Balaban J connectivity index is 0.000000248. The second-order valence-corrected chi connectivity index (χ2v) is 16.4. The van der Waals surface area contributed by atoms with Crippen LogP contribution in [0.4, 0.5) is 5.69 Å². The van der Waals surface area contributed by atoms with E-state index in [9.17, 15) is 0 Å². The maximum atomic E-state index is 5.88. The zero-order chi connectivity index (χ0) is 25.7. The summed E-state index contributed by atoms with van der Waals surface area (Å²) in [5, 5.41) is 0. The normalized spacial score (nSPS) is 16.5. The van der Waals surface area contributed by atoms with E-state index in [0.29, 0.717) is 0 Å². The number of anilines is 1. The molecule has 1 fully saturated rings. The molecule has 0 spiro atoms. The van der Waals surface area contributed by atoms with Gasteiger partial charge in [-0.25, -0.2) is 4.90 Å². The third kappa shape index (κ3) is 8.01. The van der Waals surface area contributed by atoms with Crippen molar-refractivity contribution in [1.82, 2.24) is 0 Å². The van der Waals surface area contributed by atoms with Crippen LogP contribution in [-0.4, -0.2) is 21.0 Å². The summed E-state index contributed by atoms with van der Waals surface area (Å²) in [5.74, 6) is 0.982. The molecule has 1 aliphatic rings. The molecule has 2 nitrogen and oxygen atoms in total. The van der Waals surface area contributed by atoms with E-state index < -0.39 is 13.5 Å². The minimum absolute atomic E-state index is 0.207. The van der Waals surface area contributed by atoms with Crippen LogP contribution in [0, 0.1) is 18.9 Å². The second-order valence-electron chi connectivity index (χ2n) is 10.7. The van der Waals surface area contributed by atoms with Crippen molar-refractivity contribution in [2.75, 3.05) is 4.90 Å². The predicted molar refractivity (Wildman–Crippen MR) is 149 cm³/mol. The fourth-order valence-electron chi connectivity index (χ4n) is 4.90. The van der Waals surface area contributed by atoms with Crippen LogP contribution in [0.25, 0.3) is 0 Å². The molecule has 34 heavy (non-hydrogen) atoms. The molecular formula is C29H43Cl2NORu+2. The number of aromatic hydroxyl groups is 1. The molecule has 2 aromatic carbocycles. The first kappa shape index (κ1) is 29.2. The Morgan fingerprint density at radius 3 is 2.09 bits per heavy atom. The van der Waals surface area contributed by atoms with Gasteiger partial charge < -0.3 is 0 Å². The van der Waals surface area contributed by atoms with Gasteiger partial charge in [0.1, 0.15) is 5.41 Å². The summed E-state index contributed by atoms with van der Waals surface area (Å²) < 4.78 is 6.47. The average Bonchev–Trinajstić information content (AvgIpc) is 2.95. The number of aliphatic hydroxyl groups is 1. The third-order valence-corrected chi connectivity index (χ3v) is 7.82. The molecule has 0 aliphatic carbocycles. The van der Waals surface area contributed by atoms with Crippen LogP contribution in [0.15, 0.2) is 36.4 Å². The third-order valence-electron chi connectivity index (χ3n) is 5.99. The summed E-state index contributed by atoms with van der Waals surface area (Å²) in [6, 6.07) is 12.9. The van der Waals surface area contributed by atoms with Crippen LogP contribution in [0.5, 0.6) is 5.75 Å². The van der Waals surface area contributed by atoms with E-state index in [1.54, 1.807) is 0 Å². The summed E-state index contributed by atoms with van der Waals surface area (Å²) in [6.45, 7) is 22.5. The Morgan fingerprint density at radius 1 is 1.06 bits per heavy atom. The zero-order valence-electron chi connectivity index (χ0n) is 22.3. The molecule has 190 valence electrons. The molecule has 0 bridgehead atoms. The molecule has 0 saturated carbocycles. The quantitative estimate of drug-likeness (QED) is 0.186. The minimum atomic E-state index is -1.77. The van der Waals surface area contributed by atoms with E-state index in [4.69, 9.17) is 19.4 Å². The van der Waals surface area contributed by atoms with Gasteiger partial charge in [0.25, 0.3) is 0 Å². The van der Waals surface area contributed by atoms with Crippen molar-refractivity contribution in [3.63, 3.8) is 0 Å². The van der Waals surface area contributed by atoms with Crippen molar-refractivity contribution < 1.29 is 18.3 Å². The number of benzene rings is 2. The van der Waals surface area contributed by atoms with Crippen LogP contribution in [0.2, 0.25) is 0 Å². The van der Waals surface area contributed by atoms with E-state index in [0.717, 1.165) is 24.2 Å².